The highest BCUT2D eigenvalue weighted by Crippen LogP contribution is 2.36. The van der Waals surface area contributed by atoms with E-state index in [1.807, 2.05) is 0 Å². The van der Waals surface area contributed by atoms with Crippen molar-refractivity contribution in [2.45, 2.75) is 6.18 Å². The zero-order valence-electron chi connectivity index (χ0n) is 6.99. The molecular formula is C7H3BrF3N3S. The van der Waals surface area contributed by atoms with E-state index in [4.69, 9.17) is 0 Å². The van der Waals surface area contributed by atoms with Crippen LogP contribution >= 0.6 is 27.3 Å². The molecule has 2 aromatic rings. The summed E-state index contributed by atoms with van der Waals surface area (Å²) in [5.74, 6) is 0. The van der Waals surface area contributed by atoms with E-state index < -0.39 is 11.9 Å². The van der Waals surface area contributed by atoms with Gasteiger partial charge in [-0.1, -0.05) is 0 Å². The summed E-state index contributed by atoms with van der Waals surface area (Å²) in [6.45, 7) is 0. The standard InChI is InChI=1S/C7H3BrF3N3S/c8-4-3-13-14(5(4)7(9,10)11)6-12-1-2-15-6/h1-3H. The van der Waals surface area contributed by atoms with Gasteiger partial charge in [0.05, 0.1) is 10.7 Å². The predicted octanol–water partition coefficient (Wildman–Crippen LogP) is 3.11. The molecule has 0 atom stereocenters. The summed E-state index contributed by atoms with van der Waals surface area (Å²) in [5.41, 5.74) is -0.850. The second-order valence-corrected chi connectivity index (χ2v) is 4.29. The third kappa shape index (κ3) is 1.91. The second-order valence-electron chi connectivity index (χ2n) is 2.57. The molecule has 0 aromatic carbocycles. The maximum Gasteiger partial charge on any atom is 0.434 e. The molecule has 0 saturated carbocycles. The molecule has 0 aliphatic rings. The van der Waals surface area contributed by atoms with Gasteiger partial charge in [-0.25, -0.2) is 4.98 Å². The van der Waals surface area contributed by atoms with E-state index in [0.717, 1.165) is 22.2 Å². The fourth-order valence-electron chi connectivity index (χ4n) is 1.05. The van der Waals surface area contributed by atoms with Crippen LogP contribution in [-0.4, -0.2) is 14.8 Å². The Morgan fingerprint density at radius 2 is 2.13 bits per heavy atom. The average molecular weight is 298 g/mol. The number of hydrogen-bond donors (Lipinski definition) is 0. The molecule has 2 heterocycles. The van der Waals surface area contributed by atoms with Crippen molar-refractivity contribution < 1.29 is 13.2 Å². The lowest BCUT2D eigenvalue weighted by molar-refractivity contribution is -0.143. The van der Waals surface area contributed by atoms with E-state index >= 15 is 0 Å². The van der Waals surface area contributed by atoms with Crippen LogP contribution in [0.2, 0.25) is 0 Å². The van der Waals surface area contributed by atoms with Crippen LogP contribution in [0.5, 0.6) is 0 Å². The number of thiazole rings is 1. The molecule has 80 valence electrons. The summed E-state index contributed by atoms with van der Waals surface area (Å²) >= 11 is 3.90. The molecule has 2 rings (SSSR count). The number of alkyl halides is 3. The monoisotopic (exact) mass is 297 g/mol. The average Bonchev–Trinajstić information content (AvgIpc) is 2.68. The lowest BCUT2D eigenvalue weighted by Gasteiger charge is -2.08. The van der Waals surface area contributed by atoms with Gasteiger partial charge >= 0.3 is 6.18 Å². The largest absolute Gasteiger partial charge is 0.434 e. The van der Waals surface area contributed by atoms with Crippen LogP contribution in [0.15, 0.2) is 22.2 Å². The summed E-state index contributed by atoms with van der Waals surface area (Å²) in [7, 11) is 0. The lowest BCUT2D eigenvalue weighted by Crippen LogP contribution is -2.13. The summed E-state index contributed by atoms with van der Waals surface area (Å²) in [6.07, 6.45) is -1.93. The van der Waals surface area contributed by atoms with Crippen molar-refractivity contribution in [2.24, 2.45) is 0 Å². The molecule has 0 aliphatic carbocycles. The third-order valence-corrected chi connectivity index (χ3v) is 2.92. The molecule has 8 heteroatoms. The molecule has 0 N–H and O–H groups in total. The summed E-state index contributed by atoms with van der Waals surface area (Å²) in [4.78, 5) is 3.77. The zero-order chi connectivity index (χ0) is 11.1. The van der Waals surface area contributed by atoms with Crippen molar-refractivity contribution in [1.29, 1.82) is 0 Å². The van der Waals surface area contributed by atoms with Crippen molar-refractivity contribution in [1.82, 2.24) is 14.8 Å². The Morgan fingerprint density at radius 3 is 2.67 bits per heavy atom. The molecule has 0 radical (unpaired) electrons. The summed E-state index contributed by atoms with van der Waals surface area (Å²) in [6, 6.07) is 0. The van der Waals surface area contributed by atoms with Crippen LogP contribution in [0, 0.1) is 0 Å². The Labute approximate surface area is 94.7 Å². The summed E-state index contributed by atoms with van der Waals surface area (Å²) in [5, 5.41) is 5.40. The molecule has 3 nitrogen and oxygen atoms in total. The molecule has 15 heavy (non-hydrogen) atoms. The highest BCUT2D eigenvalue weighted by atomic mass is 79.9. The maximum absolute atomic E-state index is 12.6. The van der Waals surface area contributed by atoms with Crippen LogP contribution in [0.25, 0.3) is 5.13 Å². The second kappa shape index (κ2) is 3.60. The van der Waals surface area contributed by atoms with E-state index in [9.17, 15) is 13.2 Å². The van der Waals surface area contributed by atoms with Gasteiger partial charge in [-0.3, -0.25) is 0 Å². The van der Waals surface area contributed by atoms with Crippen molar-refractivity contribution in [3.63, 3.8) is 0 Å². The first kappa shape index (κ1) is 10.6. The van der Waals surface area contributed by atoms with Crippen molar-refractivity contribution >= 4 is 27.3 Å². The van der Waals surface area contributed by atoms with Crippen LogP contribution in [0.1, 0.15) is 5.69 Å². The van der Waals surface area contributed by atoms with Crippen molar-refractivity contribution in [3.8, 4) is 5.13 Å². The van der Waals surface area contributed by atoms with Crippen LogP contribution in [0.3, 0.4) is 0 Å². The first-order chi connectivity index (χ1) is 7.00. The van der Waals surface area contributed by atoms with Crippen LogP contribution in [-0.2, 0) is 6.18 Å². The fourth-order valence-corrected chi connectivity index (χ4v) is 2.14. The van der Waals surface area contributed by atoms with Crippen molar-refractivity contribution in [3.05, 3.63) is 27.9 Å². The summed E-state index contributed by atoms with van der Waals surface area (Å²) < 4.78 is 38.5. The number of nitrogens with zero attached hydrogens (tertiary/aromatic N) is 3. The molecule has 0 spiro atoms. The van der Waals surface area contributed by atoms with Gasteiger partial charge in [0, 0.05) is 11.6 Å². The normalized spacial score (nSPS) is 12.0. The molecule has 0 aliphatic heterocycles. The molecular weight excluding hydrogens is 295 g/mol. The molecule has 0 amide bonds. The Hall–Kier alpha value is -0.890. The Morgan fingerprint density at radius 1 is 1.40 bits per heavy atom. The van der Waals surface area contributed by atoms with Crippen LogP contribution in [0.4, 0.5) is 13.2 Å². The van der Waals surface area contributed by atoms with Gasteiger partial charge in [-0.05, 0) is 15.9 Å². The Balaban J connectivity index is 2.59. The van der Waals surface area contributed by atoms with Gasteiger partial charge in [0.1, 0.15) is 0 Å². The topological polar surface area (TPSA) is 30.7 Å². The first-order valence-corrected chi connectivity index (χ1v) is 5.38. The minimum Gasteiger partial charge on any atom is -0.227 e. The van der Waals surface area contributed by atoms with Gasteiger partial charge in [-0.15, -0.1) is 11.3 Å². The first-order valence-electron chi connectivity index (χ1n) is 3.70. The van der Waals surface area contributed by atoms with E-state index in [0.29, 0.717) is 0 Å². The van der Waals surface area contributed by atoms with Gasteiger partial charge in [-0.2, -0.15) is 23.0 Å². The van der Waals surface area contributed by atoms with Gasteiger partial charge in [0.2, 0.25) is 5.13 Å². The van der Waals surface area contributed by atoms with Crippen LogP contribution < -0.4 is 0 Å². The van der Waals surface area contributed by atoms with Gasteiger partial charge < -0.3 is 0 Å². The quantitative estimate of drug-likeness (QED) is 0.810. The number of halogens is 4. The smallest absolute Gasteiger partial charge is 0.227 e. The lowest BCUT2D eigenvalue weighted by atomic mass is 10.4. The number of aromatic nitrogens is 3. The SMILES string of the molecule is FC(F)(F)c1c(Br)cnn1-c1nccs1. The maximum atomic E-state index is 12.6. The van der Waals surface area contributed by atoms with E-state index in [2.05, 4.69) is 26.0 Å². The highest BCUT2D eigenvalue weighted by molar-refractivity contribution is 9.10. The van der Waals surface area contributed by atoms with Gasteiger partial charge in [0.25, 0.3) is 0 Å². The van der Waals surface area contributed by atoms with Gasteiger partial charge in [0.15, 0.2) is 5.69 Å². The van der Waals surface area contributed by atoms with E-state index in [-0.39, 0.29) is 9.60 Å². The molecule has 0 unspecified atom stereocenters. The Bertz CT molecular complexity index is 462. The zero-order valence-corrected chi connectivity index (χ0v) is 9.40. The van der Waals surface area contributed by atoms with E-state index in [1.54, 1.807) is 5.38 Å². The number of rotatable bonds is 1. The molecule has 2 aromatic heterocycles. The number of hydrogen-bond acceptors (Lipinski definition) is 3. The predicted molar refractivity (Wildman–Crippen MR) is 51.9 cm³/mol. The third-order valence-electron chi connectivity index (χ3n) is 1.59. The highest BCUT2D eigenvalue weighted by Gasteiger charge is 2.38. The van der Waals surface area contributed by atoms with Crippen molar-refractivity contribution in [2.75, 3.05) is 0 Å². The molecule has 0 fully saturated rings. The van der Waals surface area contributed by atoms with E-state index in [1.165, 1.54) is 6.20 Å². The minimum atomic E-state index is -4.46. The fraction of sp³-hybridized carbons (Fsp3) is 0.143. The Kier molecular flexibility index (Phi) is 2.55. The molecule has 0 saturated heterocycles. The molecule has 0 bridgehead atoms. The minimum absolute atomic E-state index is 0.0924.